The lowest BCUT2D eigenvalue weighted by Gasteiger charge is -2.33. The average Bonchev–Trinajstić information content (AvgIpc) is 3.73. The van der Waals surface area contributed by atoms with E-state index in [0.29, 0.717) is 54.3 Å². The number of Topliss-reactive ketones (excluding diaryl/α,β-unsaturated/α-hetero) is 1. The molecule has 3 N–H and O–H groups in total. The van der Waals surface area contributed by atoms with Crippen LogP contribution in [0.2, 0.25) is 0 Å². The van der Waals surface area contributed by atoms with Gasteiger partial charge in [-0.15, -0.1) is 0 Å². The number of hydrogen-bond acceptors (Lipinski definition) is 7. The van der Waals surface area contributed by atoms with Crippen molar-refractivity contribution in [2.75, 3.05) is 30.8 Å². The Kier molecular flexibility index (Phi) is 7.99. The van der Waals surface area contributed by atoms with Crippen molar-refractivity contribution in [2.24, 2.45) is 11.8 Å². The number of piperidine rings is 1. The molecule has 10 heteroatoms. The van der Waals surface area contributed by atoms with Gasteiger partial charge in [0.1, 0.15) is 11.4 Å². The highest BCUT2D eigenvalue weighted by molar-refractivity contribution is 6.02. The molecule has 2 fully saturated rings. The van der Waals surface area contributed by atoms with Crippen LogP contribution in [0.3, 0.4) is 0 Å². The number of pyridine rings is 1. The second kappa shape index (κ2) is 11.2. The highest BCUT2D eigenvalue weighted by atomic mass is 16.6. The van der Waals surface area contributed by atoms with Gasteiger partial charge in [-0.3, -0.25) is 14.4 Å². The molecule has 1 aliphatic heterocycles. The quantitative estimate of drug-likeness (QED) is 0.462. The van der Waals surface area contributed by atoms with E-state index in [1.165, 1.54) is 13.2 Å². The first kappa shape index (κ1) is 27.1. The molecule has 0 unspecified atom stereocenters. The lowest BCUT2D eigenvalue weighted by molar-refractivity contribution is -0.117. The predicted octanol–water partition coefficient (Wildman–Crippen LogP) is 4.36. The van der Waals surface area contributed by atoms with Crippen LogP contribution in [0.25, 0.3) is 0 Å². The lowest BCUT2D eigenvalue weighted by Crippen LogP contribution is -2.43. The molecule has 1 saturated carbocycles. The second-order valence-corrected chi connectivity index (χ2v) is 10.8. The largest absolute Gasteiger partial charge is 0.444 e. The Balaban J connectivity index is 1.45. The zero-order valence-electron chi connectivity index (χ0n) is 22.3. The number of likely N-dealkylation sites (tertiary alicyclic amines) is 1. The standard InChI is InChI=1S/C28H35N5O5/c1-28(2,3)38-27(37)33-12-10-17(11-13-33)24(34)19-6-5-7-20(14-19)31-22-15-23(32-25(35)18-8-9-18)30-16-21(22)26(36)29-4/h5-7,14-18H,8-13H2,1-4H3,(H,29,36)(H2,30,31,32,35). The van der Waals surface area contributed by atoms with E-state index in [1.807, 2.05) is 20.8 Å². The number of aromatic nitrogens is 1. The summed E-state index contributed by atoms with van der Waals surface area (Å²) in [4.78, 5) is 56.1. The summed E-state index contributed by atoms with van der Waals surface area (Å²) in [6.45, 7) is 6.42. The van der Waals surface area contributed by atoms with Crippen molar-refractivity contribution < 1.29 is 23.9 Å². The van der Waals surface area contributed by atoms with Gasteiger partial charge in [-0.05, 0) is 58.6 Å². The van der Waals surface area contributed by atoms with Crippen molar-refractivity contribution in [1.82, 2.24) is 15.2 Å². The summed E-state index contributed by atoms with van der Waals surface area (Å²) in [7, 11) is 1.53. The van der Waals surface area contributed by atoms with Crippen molar-refractivity contribution in [3.05, 3.63) is 47.7 Å². The fourth-order valence-corrected chi connectivity index (χ4v) is 4.31. The average molecular weight is 522 g/mol. The maximum Gasteiger partial charge on any atom is 0.410 e. The Hall–Kier alpha value is -3.95. The number of hydrogen-bond donors (Lipinski definition) is 3. The smallest absolute Gasteiger partial charge is 0.410 e. The minimum atomic E-state index is -0.562. The van der Waals surface area contributed by atoms with Crippen LogP contribution in [0.5, 0.6) is 0 Å². The molecule has 0 radical (unpaired) electrons. The Morgan fingerprint density at radius 1 is 1.00 bits per heavy atom. The second-order valence-electron chi connectivity index (χ2n) is 10.8. The molecule has 10 nitrogen and oxygen atoms in total. The molecule has 38 heavy (non-hydrogen) atoms. The monoisotopic (exact) mass is 521 g/mol. The molecule has 2 heterocycles. The number of rotatable bonds is 7. The van der Waals surface area contributed by atoms with E-state index < -0.39 is 5.60 Å². The number of anilines is 3. The van der Waals surface area contributed by atoms with Crippen LogP contribution in [-0.2, 0) is 9.53 Å². The highest BCUT2D eigenvalue weighted by Gasteiger charge is 2.31. The van der Waals surface area contributed by atoms with Crippen LogP contribution in [0.1, 0.15) is 67.2 Å². The number of amides is 3. The molecule has 1 aliphatic carbocycles. The Morgan fingerprint density at radius 2 is 1.71 bits per heavy atom. The number of ether oxygens (including phenoxy) is 1. The van der Waals surface area contributed by atoms with Crippen LogP contribution in [0, 0.1) is 11.8 Å². The highest BCUT2D eigenvalue weighted by Crippen LogP contribution is 2.31. The molecule has 2 aliphatic rings. The Labute approximate surface area is 222 Å². The molecule has 0 bridgehead atoms. The normalized spacial score (nSPS) is 15.9. The third-order valence-corrected chi connectivity index (χ3v) is 6.52. The van der Waals surface area contributed by atoms with Gasteiger partial charge in [0.25, 0.3) is 5.91 Å². The first-order valence-electron chi connectivity index (χ1n) is 13.0. The number of carbonyl (C=O) groups excluding carboxylic acids is 4. The summed E-state index contributed by atoms with van der Waals surface area (Å²) >= 11 is 0. The topological polar surface area (TPSA) is 130 Å². The summed E-state index contributed by atoms with van der Waals surface area (Å²) in [5.41, 5.74) is 1.37. The fraction of sp³-hybridized carbons (Fsp3) is 0.464. The van der Waals surface area contributed by atoms with Gasteiger partial charge in [-0.2, -0.15) is 0 Å². The first-order valence-corrected chi connectivity index (χ1v) is 13.0. The number of benzene rings is 1. The van der Waals surface area contributed by atoms with Crippen molar-refractivity contribution in [1.29, 1.82) is 0 Å². The minimum absolute atomic E-state index is 0.0103. The molecule has 1 aromatic carbocycles. The molecular weight excluding hydrogens is 486 g/mol. The Bertz CT molecular complexity index is 1230. The summed E-state index contributed by atoms with van der Waals surface area (Å²) < 4.78 is 5.45. The minimum Gasteiger partial charge on any atom is -0.444 e. The predicted molar refractivity (Wildman–Crippen MR) is 144 cm³/mol. The summed E-state index contributed by atoms with van der Waals surface area (Å²) in [5.74, 6) is -0.233. The molecule has 0 atom stereocenters. The maximum absolute atomic E-state index is 13.3. The van der Waals surface area contributed by atoms with E-state index in [9.17, 15) is 19.2 Å². The van der Waals surface area contributed by atoms with E-state index >= 15 is 0 Å². The van der Waals surface area contributed by atoms with Gasteiger partial charge in [-0.25, -0.2) is 9.78 Å². The van der Waals surface area contributed by atoms with Crippen molar-refractivity contribution in [3.8, 4) is 0 Å². The van der Waals surface area contributed by atoms with Gasteiger partial charge in [0, 0.05) is 55.5 Å². The van der Waals surface area contributed by atoms with Crippen LogP contribution >= 0.6 is 0 Å². The van der Waals surface area contributed by atoms with Crippen molar-refractivity contribution in [3.63, 3.8) is 0 Å². The molecule has 1 aromatic heterocycles. The lowest BCUT2D eigenvalue weighted by atomic mass is 9.89. The number of ketones is 1. The molecule has 1 saturated heterocycles. The zero-order valence-corrected chi connectivity index (χ0v) is 22.3. The number of carbonyl (C=O) groups is 4. The van der Waals surface area contributed by atoms with Crippen LogP contribution in [0.15, 0.2) is 36.5 Å². The van der Waals surface area contributed by atoms with Crippen molar-refractivity contribution in [2.45, 2.75) is 52.1 Å². The van der Waals surface area contributed by atoms with Crippen LogP contribution in [0.4, 0.5) is 22.0 Å². The molecule has 0 spiro atoms. The van der Waals surface area contributed by atoms with E-state index in [-0.39, 0.29) is 35.5 Å². The van der Waals surface area contributed by atoms with E-state index in [4.69, 9.17) is 4.74 Å². The van der Waals surface area contributed by atoms with Crippen LogP contribution < -0.4 is 16.0 Å². The molecular formula is C28H35N5O5. The summed E-state index contributed by atoms with van der Waals surface area (Å²) in [6.07, 6.45) is 3.92. The maximum atomic E-state index is 13.3. The van der Waals surface area contributed by atoms with Gasteiger partial charge < -0.3 is 25.6 Å². The van der Waals surface area contributed by atoms with Gasteiger partial charge >= 0.3 is 6.09 Å². The van der Waals surface area contributed by atoms with E-state index in [2.05, 4.69) is 20.9 Å². The third kappa shape index (κ3) is 6.87. The third-order valence-electron chi connectivity index (χ3n) is 6.52. The Morgan fingerprint density at radius 3 is 2.34 bits per heavy atom. The van der Waals surface area contributed by atoms with Gasteiger partial charge in [-0.1, -0.05) is 12.1 Å². The van der Waals surface area contributed by atoms with E-state index in [1.54, 1.807) is 35.2 Å². The van der Waals surface area contributed by atoms with Crippen LogP contribution in [-0.4, -0.2) is 59.3 Å². The molecule has 3 amide bonds. The van der Waals surface area contributed by atoms with Gasteiger partial charge in [0.15, 0.2) is 5.78 Å². The fourth-order valence-electron chi connectivity index (χ4n) is 4.31. The first-order chi connectivity index (χ1) is 18.0. The summed E-state index contributed by atoms with van der Waals surface area (Å²) in [6, 6.07) is 8.71. The molecule has 4 rings (SSSR count). The van der Waals surface area contributed by atoms with Crippen molar-refractivity contribution >= 4 is 40.9 Å². The number of nitrogens with zero attached hydrogens (tertiary/aromatic N) is 2. The summed E-state index contributed by atoms with van der Waals surface area (Å²) in [5, 5.41) is 8.61. The van der Waals surface area contributed by atoms with Gasteiger partial charge in [0.05, 0.1) is 11.3 Å². The molecule has 202 valence electrons. The van der Waals surface area contributed by atoms with E-state index in [0.717, 1.165) is 12.8 Å². The number of nitrogens with one attached hydrogen (secondary N) is 3. The molecule has 2 aromatic rings. The SMILES string of the molecule is CNC(=O)c1cnc(NC(=O)C2CC2)cc1Nc1cccc(C(=O)C2CCN(C(=O)OC(C)(C)C)CC2)c1. The van der Waals surface area contributed by atoms with Gasteiger partial charge in [0.2, 0.25) is 5.91 Å². The zero-order chi connectivity index (χ0) is 27.4.